The molecule has 100 valence electrons. The van der Waals surface area contributed by atoms with Gasteiger partial charge in [0.05, 0.1) is 6.61 Å². The van der Waals surface area contributed by atoms with E-state index in [1.807, 2.05) is 55.6 Å². The molecule has 2 rings (SSSR count). The number of ether oxygens (including phenoxy) is 1. The Morgan fingerprint density at radius 3 is 2.58 bits per heavy atom. The van der Waals surface area contributed by atoms with Gasteiger partial charge < -0.3 is 10.5 Å². The highest BCUT2D eigenvalue weighted by Gasteiger charge is 2.06. The molecule has 3 nitrogen and oxygen atoms in total. The average Bonchev–Trinajstić information content (AvgIpc) is 2.47. The molecule has 0 aliphatic heterocycles. The zero-order chi connectivity index (χ0) is 13.5. The summed E-state index contributed by atoms with van der Waals surface area (Å²) in [5.41, 5.74) is 8.42. The van der Waals surface area contributed by atoms with E-state index in [-0.39, 0.29) is 6.04 Å². The molecule has 0 saturated carbocycles. The Kier molecular flexibility index (Phi) is 4.93. The third-order valence-corrected chi connectivity index (χ3v) is 3.06. The molecule has 0 spiro atoms. The van der Waals surface area contributed by atoms with Crippen LogP contribution < -0.4 is 10.5 Å². The van der Waals surface area contributed by atoms with Crippen molar-refractivity contribution in [1.29, 1.82) is 0 Å². The molecule has 0 fully saturated rings. The number of hydrogen-bond donors (Lipinski definition) is 1. The monoisotopic (exact) mass is 256 g/mol. The van der Waals surface area contributed by atoms with Gasteiger partial charge in [0.15, 0.2) is 0 Å². The molecule has 1 aromatic heterocycles. The van der Waals surface area contributed by atoms with Crippen molar-refractivity contribution in [3.8, 4) is 5.75 Å². The first-order valence-electron chi connectivity index (χ1n) is 6.68. The quantitative estimate of drug-likeness (QED) is 0.864. The Labute approximate surface area is 114 Å². The fraction of sp³-hybridized carbons (Fsp3) is 0.312. The Morgan fingerprint density at radius 2 is 1.95 bits per heavy atom. The fourth-order valence-electron chi connectivity index (χ4n) is 1.99. The molecular formula is C16H20N2O. The Bertz CT molecular complexity index is 482. The van der Waals surface area contributed by atoms with E-state index in [1.54, 1.807) is 0 Å². The van der Waals surface area contributed by atoms with Crippen molar-refractivity contribution in [3.05, 3.63) is 59.9 Å². The molecule has 1 aromatic carbocycles. The zero-order valence-electron chi connectivity index (χ0n) is 11.3. The number of nitrogens with zero attached hydrogens (tertiary/aromatic N) is 1. The van der Waals surface area contributed by atoms with Crippen molar-refractivity contribution < 1.29 is 4.74 Å². The summed E-state index contributed by atoms with van der Waals surface area (Å²) in [5.74, 6) is 0.892. The molecular weight excluding hydrogens is 236 g/mol. The SMILES string of the molecule is CCOc1ccc(C(N)CCc2ccccn2)cc1. The summed E-state index contributed by atoms with van der Waals surface area (Å²) < 4.78 is 5.42. The first-order valence-corrected chi connectivity index (χ1v) is 6.68. The number of aromatic nitrogens is 1. The van der Waals surface area contributed by atoms with Gasteiger partial charge >= 0.3 is 0 Å². The van der Waals surface area contributed by atoms with Gasteiger partial charge in [0.25, 0.3) is 0 Å². The summed E-state index contributed by atoms with van der Waals surface area (Å²) in [6.07, 6.45) is 3.61. The van der Waals surface area contributed by atoms with Crippen LogP contribution in [0.25, 0.3) is 0 Å². The van der Waals surface area contributed by atoms with Crippen LogP contribution in [0.1, 0.15) is 30.6 Å². The van der Waals surface area contributed by atoms with Gasteiger partial charge in [-0.15, -0.1) is 0 Å². The molecule has 0 bridgehead atoms. The van der Waals surface area contributed by atoms with E-state index < -0.39 is 0 Å². The van der Waals surface area contributed by atoms with E-state index in [0.717, 1.165) is 29.8 Å². The Balaban J connectivity index is 1.90. The summed E-state index contributed by atoms with van der Waals surface area (Å²) in [6, 6.07) is 14.0. The molecule has 3 heteroatoms. The number of benzene rings is 1. The Morgan fingerprint density at radius 1 is 1.16 bits per heavy atom. The first kappa shape index (κ1) is 13.6. The minimum Gasteiger partial charge on any atom is -0.494 e. The summed E-state index contributed by atoms with van der Waals surface area (Å²) in [6.45, 7) is 2.66. The summed E-state index contributed by atoms with van der Waals surface area (Å²) in [5, 5.41) is 0. The predicted molar refractivity (Wildman–Crippen MR) is 77.1 cm³/mol. The minimum absolute atomic E-state index is 0.0395. The number of nitrogens with two attached hydrogens (primary N) is 1. The molecule has 0 amide bonds. The maximum absolute atomic E-state index is 6.20. The zero-order valence-corrected chi connectivity index (χ0v) is 11.3. The number of aryl methyl sites for hydroxylation is 1. The molecule has 0 aliphatic carbocycles. The van der Waals surface area contributed by atoms with Gasteiger partial charge in [-0.1, -0.05) is 18.2 Å². The van der Waals surface area contributed by atoms with Gasteiger partial charge in [-0.2, -0.15) is 0 Å². The fourth-order valence-corrected chi connectivity index (χ4v) is 1.99. The van der Waals surface area contributed by atoms with Crippen molar-refractivity contribution >= 4 is 0 Å². The number of rotatable bonds is 6. The lowest BCUT2D eigenvalue weighted by atomic mass is 10.0. The lowest BCUT2D eigenvalue weighted by molar-refractivity contribution is 0.340. The molecule has 0 aliphatic rings. The number of pyridine rings is 1. The highest BCUT2D eigenvalue weighted by molar-refractivity contribution is 5.29. The van der Waals surface area contributed by atoms with Crippen LogP contribution in [0.3, 0.4) is 0 Å². The summed E-state index contributed by atoms with van der Waals surface area (Å²) in [7, 11) is 0. The van der Waals surface area contributed by atoms with Crippen molar-refractivity contribution in [2.75, 3.05) is 6.61 Å². The highest BCUT2D eigenvalue weighted by Crippen LogP contribution is 2.19. The summed E-state index contributed by atoms with van der Waals surface area (Å²) in [4.78, 5) is 4.31. The van der Waals surface area contributed by atoms with Gasteiger partial charge in [-0.3, -0.25) is 4.98 Å². The van der Waals surface area contributed by atoms with Gasteiger partial charge in [0.1, 0.15) is 5.75 Å². The van der Waals surface area contributed by atoms with Gasteiger partial charge in [-0.25, -0.2) is 0 Å². The summed E-state index contributed by atoms with van der Waals surface area (Å²) >= 11 is 0. The van der Waals surface area contributed by atoms with E-state index >= 15 is 0 Å². The normalized spacial score (nSPS) is 12.1. The van der Waals surface area contributed by atoms with Crippen molar-refractivity contribution in [2.24, 2.45) is 5.73 Å². The maximum Gasteiger partial charge on any atom is 0.119 e. The van der Waals surface area contributed by atoms with Crippen LogP contribution in [-0.2, 0) is 6.42 Å². The molecule has 0 radical (unpaired) electrons. The van der Waals surface area contributed by atoms with E-state index in [1.165, 1.54) is 0 Å². The molecule has 1 unspecified atom stereocenters. The van der Waals surface area contributed by atoms with E-state index in [0.29, 0.717) is 6.61 Å². The third kappa shape index (κ3) is 4.07. The van der Waals surface area contributed by atoms with E-state index in [2.05, 4.69) is 4.98 Å². The lowest BCUT2D eigenvalue weighted by Crippen LogP contribution is -2.11. The molecule has 1 atom stereocenters. The first-order chi connectivity index (χ1) is 9.29. The molecule has 19 heavy (non-hydrogen) atoms. The molecule has 2 N–H and O–H groups in total. The van der Waals surface area contributed by atoms with Gasteiger partial charge in [0, 0.05) is 17.9 Å². The second-order valence-electron chi connectivity index (χ2n) is 4.47. The van der Waals surface area contributed by atoms with Crippen LogP contribution in [0.5, 0.6) is 5.75 Å². The van der Waals surface area contributed by atoms with E-state index in [9.17, 15) is 0 Å². The van der Waals surface area contributed by atoms with Crippen molar-refractivity contribution in [3.63, 3.8) is 0 Å². The van der Waals surface area contributed by atoms with Crippen LogP contribution in [0.4, 0.5) is 0 Å². The predicted octanol–water partition coefficient (Wildman–Crippen LogP) is 3.11. The van der Waals surface area contributed by atoms with Crippen molar-refractivity contribution in [2.45, 2.75) is 25.8 Å². The van der Waals surface area contributed by atoms with Crippen LogP contribution in [0.15, 0.2) is 48.7 Å². The number of hydrogen-bond acceptors (Lipinski definition) is 3. The van der Waals surface area contributed by atoms with E-state index in [4.69, 9.17) is 10.5 Å². The van der Waals surface area contributed by atoms with Crippen LogP contribution in [-0.4, -0.2) is 11.6 Å². The minimum atomic E-state index is 0.0395. The molecule has 2 aromatic rings. The van der Waals surface area contributed by atoms with Crippen LogP contribution >= 0.6 is 0 Å². The van der Waals surface area contributed by atoms with Gasteiger partial charge in [-0.05, 0) is 49.6 Å². The van der Waals surface area contributed by atoms with Gasteiger partial charge in [0.2, 0.25) is 0 Å². The standard InChI is InChI=1S/C16H20N2O/c1-2-19-15-9-6-13(7-10-15)16(17)11-8-14-5-3-4-12-18-14/h3-7,9-10,12,16H,2,8,11,17H2,1H3. The van der Waals surface area contributed by atoms with Crippen LogP contribution in [0.2, 0.25) is 0 Å². The van der Waals surface area contributed by atoms with Crippen LogP contribution in [0, 0.1) is 0 Å². The second kappa shape index (κ2) is 6.90. The molecule has 1 heterocycles. The van der Waals surface area contributed by atoms with Crippen molar-refractivity contribution in [1.82, 2.24) is 4.98 Å². The Hall–Kier alpha value is -1.87. The average molecular weight is 256 g/mol. The smallest absolute Gasteiger partial charge is 0.119 e. The molecule has 0 saturated heterocycles. The third-order valence-electron chi connectivity index (χ3n) is 3.06. The highest BCUT2D eigenvalue weighted by atomic mass is 16.5. The second-order valence-corrected chi connectivity index (χ2v) is 4.47. The largest absolute Gasteiger partial charge is 0.494 e. The lowest BCUT2D eigenvalue weighted by Gasteiger charge is -2.12. The maximum atomic E-state index is 6.20. The topological polar surface area (TPSA) is 48.1 Å².